The maximum atomic E-state index is 12.5. The van der Waals surface area contributed by atoms with Crippen molar-refractivity contribution < 1.29 is 23.9 Å². The molecule has 0 unspecified atom stereocenters. The Morgan fingerprint density at radius 3 is 2.24 bits per heavy atom. The molecule has 1 aromatic carbocycles. The minimum absolute atomic E-state index is 0.0163. The van der Waals surface area contributed by atoms with Crippen LogP contribution < -0.4 is 5.32 Å². The van der Waals surface area contributed by atoms with Crippen molar-refractivity contribution >= 4 is 23.7 Å². The van der Waals surface area contributed by atoms with Crippen LogP contribution in [0.3, 0.4) is 0 Å². The van der Waals surface area contributed by atoms with Crippen molar-refractivity contribution in [1.82, 2.24) is 10.2 Å². The molecule has 0 bridgehead atoms. The summed E-state index contributed by atoms with van der Waals surface area (Å²) in [5.74, 6) is -0.636. The number of rotatable bonds is 6. The van der Waals surface area contributed by atoms with E-state index >= 15 is 0 Å². The standard InChI is InChI=1S/C18H18N2O5/c1-4-9-19-14(21)10-25-18(24)15(11(2)3)20-16(22)12-7-5-6-8-13(12)17(20)23/h1,5-8,11,15H,9-10H2,2-3H3,(H,19,21)/t15-/m0/s1. The monoisotopic (exact) mass is 342 g/mol. The maximum Gasteiger partial charge on any atom is 0.330 e. The molecule has 25 heavy (non-hydrogen) atoms. The van der Waals surface area contributed by atoms with Crippen molar-refractivity contribution in [2.75, 3.05) is 13.2 Å². The van der Waals surface area contributed by atoms with Crippen molar-refractivity contribution in [2.24, 2.45) is 5.92 Å². The fraction of sp³-hybridized carbons (Fsp3) is 0.333. The van der Waals surface area contributed by atoms with Gasteiger partial charge < -0.3 is 10.1 Å². The summed E-state index contributed by atoms with van der Waals surface area (Å²) in [5, 5.41) is 2.36. The molecule has 1 N–H and O–H groups in total. The third kappa shape index (κ3) is 3.69. The molecule has 2 rings (SSSR count). The van der Waals surface area contributed by atoms with E-state index in [1.165, 1.54) is 12.1 Å². The predicted molar refractivity (Wildman–Crippen MR) is 88.4 cm³/mol. The van der Waals surface area contributed by atoms with E-state index in [-0.39, 0.29) is 23.6 Å². The molecule has 0 spiro atoms. The first-order chi connectivity index (χ1) is 11.9. The lowest BCUT2D eigenvalue weighted by atomic mass is 10.0. The fourth-order valence-corrected chi connectivity index (χ4v) is 2.56. The van der Waals surface area contributed by atoms with Gasteiger partial charge in [-0.3, -0.25) is 19.3 Å². The van der Waals surface area contributed by atoms with Crippen molar-refractivity contribution in [2.45, 2.75) is 19.9 Å². The minimum atomic E-state index is -1.12. The summed E-state index contributed by atoms with van der Waals surface area (Å²) in [4.78, 5) is 49.9. The summed E-state index contributed by atoms with van der Waals surface area (Å²) < 4.78 is 4.97. The second kappa shape index (κ2) is 7.62. The van der Waals surface area contributed by atoms with Gasteiger partial charge in [-0.25, -0.2) is 4.79 Å². The highest BCUT2D eigenvalue weighted by Crippen LogP contribution is 2.27. The fourth-order valence-electron chi connectivity index (χ4n) is 2.56. The Morgan fingerprint density at radius 2 is 1.76 bits per heavy atom. The van der Waals surface area contributed by atoms with Gasteiger partial charge in [0.25, 0.3) is 17.7 Å². The van der Waals surface area contributed by atoms with Crippen LogP contribution in [-0.2, 0) is 14.3 Å². The Labute approximate surface area is 145 Å². The van der Waals surface area contributed by atoms with Gasteiger partial charge >= 0.3 is 5.97 Å². The number of hydrogen-bond donors (Lipinski definition) is 1. The van der Waals surface area contributed by atoms with Gasteiger partial charge in [0.1, 0.15) is 6.04 Å². The highest BCUT2D eigenvalue weighted by Gasteiger charge is 2.44. The third-order valence-electron chi connectivity index (χ3n) is 3.71. The van der Waals surface area contributed by atoms with Gasteiger partial charge in [0, 0.05) is 0 Å². The summed E-state index contributed by atoms with van der Waals surface area (Å²) in [6, 6.07) is 5.24. The van der Waals surface area contributed by atoms with E-state index in [1.807, 2.05) is 0 Å². The number of nitrogens with zero attached hydrogens (tertiary/aromatic N) is 1. The largest absolute Gasteiger partial charge is 0.454 e. The van der Waals surface area contributed by atoms with Crippen LogP contribution >= 0.6 is 0 Å². The topological polar surface area (TPSA) is 92.8 Å². The van der Waals surface area contributed by atoms with E-state index in [1.54, 1.807) is 26.0 Å². The molecule has 130 valence electrons. The minimum Gasteiger partial charge on any atom is -0.454 e. The van der Waals surface area contributed by atoms with Gasteiger partial charge in [0.2, 0.25) is 0 Å². The van der Waals surface area contributed by atoms with E-state index in [9.17, 15) is 19.2 Å². The molecule has 0 aliphatic carbocycles. The summed E-state index contributed by atoms with van der Waals surface area (Å²) in [6.07, 6.45) is 5.02. The van der Waals surface area contributed by atoms with Gasteiger partial charge in [-0.15, -0.1) is 6.42 Å². The van der Waals surface area contributed by atoms with Gasteiger partial charge in [-0.2, -0.15) is 0 Å². The number of fused-ring (bicyclic) bond motifs is 1. The quantitative estimate of drug-likeness (QED) is 0.464. The molecule has 1 aliphatic heterocycles. The second-order valence-electron chi connectivity index (χ2n) is 5.80. The highest BCUT2D eigenvalue weighted by atomic mass is 16.5. The molecule has 1 atom stereocenters. The van der Waals surface area contributed by atoms with Gasteiger partial charge in [-0.1, -0.05) is 31.9 Å². The van der Waals surface area contributed by atoms with Gasteiger partial charge in [0.15, 0.2) is 6.61 Å². The lowest BCUT2D eigenvalue weighted by Gasteiger charge is -2.27. The first kappa shape index (κ1) is 18.2. The lowest BCUT2D eigenvalue weighted by Crippen LogP contribution is -2.49. The number of nitrogens with one attached hydrogen (secondary N) is 1. The maximum absolute atomic E-state index is 12.5. The molecule has 0 saturated heterocycles. The van der Waals surface area contributed by atoms with Crippen LogP contribution in [0.25, 0.3) is 0 Å². The predicted octanol–water partition coefficient (Wildman–Crippen LogP) is 0.600. The molecule has 0 radical (unpaired) electrons. The van der Waals surface area contributed by atoms with Crippen molar-refractivity contribution in [3.05, 3.63) is 35.4 Å². The Bertz CT molecular complexity index is 728. The Balaban J connectivity index is 2.15. The lowest BCUT2D eigenvalue weighted by molar-refractivity contribution is -0.153. The van der Waals surface area contributed by atoms with Crippen LogP contribution in [0.5, 0.6) is 0 Å². The zero-order valence-corrected chi connectivity index (χ0v) is 13.9. The summed E-state index contributed by atoms with van der Waals surface area (Å²) in [5.41, 5.74) is 0.496. The molecule has 1 aliphatic rings. The SMILES string of the molecule is C#CCNC(=O)COC(=O)[C@H](C(C)C)N1C(=O)c2ccccc2C1=O. The number of hydrogen-bond acceptors (Lipinski definition) is 5. The van der Waals surface area contributed by atoms with E-state index in [2.05, 4.69) is 11.2 Å². The number of carbonyl (C=O) groups is 4. The Kier molecular flexibility index (Phi) is 5.55. The molecule has 0 fully saturated rings. The second-order valence-corrected chi connectivity index (χ2v) is 5.80. The summed E-state index contributed by atoms with van der Waals surface area (Å²) >= 11 is 0. The normalized spacial score (nSPS) is 14.1. The molecule has 1 heterocycles. The molecule has 3 amide bonds. The summed E-state index contributed by atoms with van der Waals surface area (Å²) in [7, 11) is 0. The van der Waals surface area contributed by atoms with E-state index in [0.717, 1.165) is 4.90 Å². The Hall–Kier alpha value is -3.14. The molecule has 1 aromatic rings. The zero-order chi connectivity index (χ0) is 18.6. The van der Waals surface area contributed by atoms with Crippen LogP contribution in [0.4, 0.5) is 0 Å². The molecule has 0 saturated carbocycles. The Morgan fingerprint density at radius 1 is 1.20 bits per heavy atom. The van der Waals surface area contributed by atoms with Crippen molar-refractivity contribution in [1.29, 1.82) is 0 Å². The number of benzene rings is 1. The summed E-state index contributed by atoms with van der Waals surface area (Å²) in [6.45, 7) is 2.86. The van der Waals surface area contributed by atoms with Crippen molar-refractivity contribution in [3.63, 3.8) is 0 Å². The zero-order valence-electron chi connectivity index (χ0n) is 13.9. The first-order valence-electron chi connectivity index (χ1n) is 7.72. The van der Waals surface area contributed by atoms with Crippen LogP contribution in [0.2, 0.25) is 0 Å². The van der Waals surface area contributed by atoms with Gasteiger partial charge in [0.05, 0.1) is 17.7 Å². The first-order valence-corrected chi connectivity index (χ1v) is 7.72. The van der Waals surface area contributed by atoms with Gasteiger partial charge in [-0.05, 0) is 18.1 Å². The van der Waals surface area contributed by atoms with Crippen LogP contribution in [0.15, 0.2) is 24.3 Å². The van der Waals surface area contributed by atoms with E-state index in [0.29, 0.717) is 0 Å². The highest BCUT2D eigenvalue weighted by molar-refractivity contribution is 6.22. The molecular formula is C18H18N2O5. The van der Waals surface area contributed by atoms with E-state index < -0.39 is 36.3 Å². The average Bonchev–Trinajstić information content (AvgIpc) is 2.83. The molecular weight excluding hydrogens is 324 g/mol. The molecule has 7 nitrogen and oxygen atoms in total. The number of amides is 3. The van der Waals surface area contributed by atoms with Crippen molar-refractivity contribution in [3.8, 4) is 12.3 Å². The van der Waals surface area contributed by atoms with Crippen LogP contribution in [0.1, 0.15) is 34.6 Å². The number of ether oxygens (including phenoxy) is 1. The number of terminal acetylenes is 1. The molecule has 7 heteroatoms. The average molecular weight is 342 g/mol. The number of imide groups is 1. The molecule has 0 aromatic heterocycles. The smallest absolute Gasteiger partial charge is 0.330 e. The third-order valence-corrected chi connectivity index (χ3v) is 3.71. The number of esters is 1. The van der Waals surface area contributed by atoms with Crippen LogP contribution in [-0.4, -0.2) is 47.8 Å². The van der Waals surface area contributed by atoms with E-state index in [4.69, 9.17) is 11.2 Å². The number of carbonyl (C=O) groups excluding carboxylic acids is 4. The van der Waals surface area contributed by atoms with Crippen LogP contribution in [0, 0.1) is 18.3 Å².